The zero-order chi connectivity index (χ0) is 12.5. The van der Waals surface area contributed by atoms with Crippen LogP contribution in [-0.2, 0) is 4.79 Å². The summed E-state index contributed by atoms with van der Waals surface area (Å²) in [6, 6.07) is 4.14. The summed E-state index contributed by atoms with van der Waals surface area (Å²) in [5.41, 5.74) is 0. The first-order chi connectivity index (χ1) is 8.77. The van der Waals surface area contributed by atoms with Crippen molar-refractivity contribution in [2.75, 3.05) is 19.6 Å². The number of rotatable bonds is 4. The number of piperazine rings is 1. The van der Waals surface area contributed by atoms with Crippen LogP contribution in [0.15, 0.2) is 17.5 Å². The minimum absolute atomic E-state index is 0.313. The second-order valence-electron chi connectivity index (χ2n) is 5.09. The van der Waals surface area contributed by atoms with E-state index in [9.17, 15) is 9.90 Å². The second kappa shape index (κ2) is 4.99. The lowest BCUT2D eigenvalue weighted by atomic mass is 10.0. The molecule has 2 aliphatic rings. The number of carboxylic acid groups (broad SMARTS) is 1. The van der Waals surface area contributed by atoms with Crippen LogP contribution in [0.4, 0.5) is 0 Å². The van der Waals surface area contributed by atoms with E-state index in [0.29, 0.717) is 18.5 Å². The lowest BCUT2D eigenvalue weighted by molar-refractivity contribution is -0.145. The first-order valence-electron chi connectivity index (χ1n) is 6.50. The van der Waals surface area contributed by atoms with E-state index >= 15 is 0 Å². The molecule has 2 unspecified atom stereocenters. The monoisotopic (exact) mass is 266 g/mol. The lowest BCUT2D eigenvalue weighted by Crippen LogP contribution is -2.56. The molecule has 5 heteroatoms. The fourth-order valence-electron chi connectivity index (χ4n) is 2.82. The molecular weight excluding hydrogens is 248 g/mol. The third-order valence-corrected chi connectivity index (χ3v) is 4.77. The number of thiophene rings is 1. The standard InChI is InChI=1S/C13H18N2O2S/c16-13(17)10-8-14-5-6-15(10)12(9-3-4-9)11-2-1-7-18-11/h1-2,7,9-10,12,14H,3-6,8H2,(H,16,17). The van der Waals surface area contributed by atoms with Crippen molar-refractivity contribution in [3.63, 3.8) is 0 Å². The SMILES string of the molecule is O=C(O)C1CNCCN1C(c1cccs1)C1CC1. The number of hydrogen-bond donors (Lipinski definition) is 2. The average Bonchev–Trinajstić information content (AvgIpc) is 3.05. The van der Waals surface area contributed by atoms with E-state index in [4.69, 9.17) is 0 Å². The molecule has 1 saturated heterocycles. The van der Waals surface area contributed by atoms with E-state index < -0.39 is 5.97 Å². The van der Waals surface area contributed by atoms with Gasteiger partial charge in [0.1, 0.15) is 6.04 Å². The molecule has 0 aromatic carbocycles. The number of nitrogens with zero attached hydrogens (tertiary/aromatic N) is 1. The predicted octanol–water partition coefficient (Wildman–Crippen LogP) is 1.56. The molecule has 1 aliphatic carbocycles. The van der Waals surface area contributed by atoms with Gasteiger partial charge in [-0.25, -0.2) is 0 Å². The molecule has 1 aliphatic heterocycles. The zero-order valence-corrected chi connectivity index (χ0v) is 11.0. The smallest absolute Gasteiger partial charge is 0.322 e. The summed E-state index contributed by atoms with van der Waals surface area (Å²) in [6.45, 7) is 2.28. The summed E-state index contributed by atoms with van der Waals surface area (Å²) in [4.78, 5) is 14.9. The summed E-state index contributed by atoms with van der Waals surface area (Å²) in [6.07, 6.45) is 2.47. The van der Waals surface area contributed by atoms with Crippen LogP contribution in [0.5, 0.6) is 0 Å². The number of carbonyl (C=O) groups is 1. The van der Waals surface area contributed by atoms with Gasteiger partial charge >= 0.3 is 5.97 Å². The Balaban J connectivity index is 1.86. The third kappa shape index (κ3) is 2.30. The van der Waals surface area contributed by atoms with Crippen molar-refractivity contribution in [3.05, 3.63) is 22.4 Å². The highest BCUT2D eigenvalue weighted by Crippen LogP contribution is 2.46. The van der Waals surface area contributed by atoms with E-state index in [1.807, 2.05) is 0 Å². The second-order valence-corrected chi connectivity index (χ2v) is 6.07. The zero-order valence-electron chi connectivity index (χ0n) is 10.2. The van der Waals surface area contributed by atoms with Crippen molar-refractivity contribution < 1.29 is 9.90 Å². The number of hydrogen-bond acceptors (Lipinski definition) is 4. The van der Waals surface area contributed by atoms with E-state index in [1.54, 1.807) is 11.3 Å². The van der Waals surface area contributed by atoms with Crippen molar-refractivity contribution in [2.24, 2.45) is 5.92 Å². The number of carboxylic acids is 1. The molecule has 4 nitrogen and oxygen atoms in total. The van der Waals surface area contributed by atoms with Crippen LogP contribution in [0, 0.1) is 5.92 Å². The molecule has 0 radical (unpaired) electrons. The van der Waals surface area contributed by atoms with E-state index in [0.717, 1.165) is 13.1 Å². The molecule has 1 saturated carbocycles. The van der Waals surface area contributed by atoms with Gasteiger partial charge in [0, 0.05) is 30.6 Å². The van der Waals surface area contributed by atoms with Crippen molar-refractivity contribution in [3.8, 4) is 0 Å². The molecule has 0 amide bonds. The Morgan fingerprint density at radius 2 is 2.39 bits per heavy atom. The molecular formula is C13H18N2O2S. The van der Waals surface area contributed by atoms with Crippen LogP contribution < -0.4 is 5.32 Å². The minimum atomic E-state index is -0.704. The van der Waals surface area contributed by atoms with Crippen molar-refractivity contribution >= 4 is 17.3 Å². The topological polar surface area (TPSA) is 52.6 Å². The van der Waals surface area contributed by atoms with Crippen LogP contribution in [0.25, 0.3) is 0 Å². The Bertz CT molecular complexity index is 417. The van der Waals surface area contributed by atoms with Crippen molar-refractivity contribution in [1.29, 1.82) is 0 Å². The normalized spacial score (nSPS) is 27.0. The largest absolute Gasteiger partial charge is 0.480 e. The van der Waals surface area contributed by atoms with Gasteiger partial charge in [0.25, 0.3) is 0 Å². The molecule has 0 bridgehead atoms. The van der Waals surface area contributed by atoms with Crippen molar-refractivity contribution in [2.45, 2.75) is 24.9 Å². The molecule has 1 aromatic rings. The summed E-state index contributed by atoms with van der Waals surface area (Å²) in [5, 5.41) is 14.7. The predicted molar refractivity (Wildman–Crippen MR) is 70.8 cm³/mol. The van der Waals surface area contributed by atoms with Gasteiger partial charge in [0.2, 0.25) is 0 Å². The van der Waals surface area contributed by atoms with Gasteiger partial charge in [-0.1, -0.05) is 6.07 Å². The Morgan fingerprint density at radius 1 is 1.56 bits per heavy atom. The summed E-state index contributed by atoms with van der Waals surface area (Å²) >= 11 is 1.75. The van der Waals surface area contributed by atoms with Crippen LogP contribution in [0.1, 0.15) is 23.8 Å². The maximum Gasteiger partial charge on any atom is 0.322 e. The van der Waals surface area contributed by atoms with Gasteiger partial charge in [0.05, 0.1) is 0 Å². The average molecular weight is 266 g/mol. The fraction of sp³-hybridized carbons (Fsp3) is 0.615. The van der Waals surface area contributed by atoms with Gasteiger partial charge in [-0.3, -0.25) is 9.69 Å². The van der Waals surface area contributed by atoms with E-state index in [2.05, 4.69) is 27.7 Å². The van der Waals surface area contributed by atoms with Gasteiger partial charge in [0.15, 0.2) is 0 Å². The van der Waals surface area contributed by atoms with E-state index in [-0.39, 0.29) is 6.04 Å². The molecule has 18 heavy (non-hydrogen) atoms. The molecule has 98 valence electrons. The Labute approximate surface area is 111 Å². The molecule has 2 N–H and O–H groups in total. The van der Waals surface area contributed by atoms with Gasteiger partial charge < -0.3 is 10.4 Å². The number of nitrogens with one attached hydrogen (secondary N) is 1. The van der Waals surface area contributed by atoms with Crippen LogP contribution in [0.3, 0.4) is 0 Å². The highest BCUT2D eigenvalue weighted by molar-refractivity contribution is 7.10. The molecule has 0 spiro atoms. The molecule has 1 aromatic heterocycles. The first kappa shape index (κ1) is 12.1. The van der Waals surface area contributed by atoms with Gasteiger partial charge in [-0.05, 0) is 30.2 Å². The maximum atomic E-state index is 11.4. The highest BCUT2D eigenvalue weighted by atomic mass is 32.1. The van der Waals surface area contributed by atoms with Crippen LogP contribution >= 0.6 is 11.3 Å². The maximum absolute atomic E-state index is 11.4. The first-order valence-corrected chi connectivity index (χ1v) is 7.38. The summed E-state index contributed by atoms with van der Waals surface area (Å²) in [7, 11) is 0. The summed E-state index contributed by atoms with van der Waals surface area (Å²) in [5.74, 6) is -0.0481. The fourth-order valence-corrected chi connectivity index (χ4v) is 3.76. The Morgan fingerprint density at radius 3 is 3.00 bits per heavy atom. The molecule has 2 fully saturated rings. The quantitative estimate of drug-likeness (QED) is 0.868. The lowest BCUT2D eigenvalue weighted by Gasteiger charge is -2.39. The van der Waals surface area contributed by atoms with E-state index in [1.165, 1.54) is 17.7 Å². The Hall–Kier alpha value is -0.910. The molecule has 3 rings (SSSR count). The van der Waals surface area contributed by atoms with Crippen molar-refractivity contribution in [1.82, 2.24) is 10.2 Å². The Kier molecular flexibility index (Phi) is 3.37. The summed E-state index contributed by atoms with van der Waals surface area (Å²) < 4.78 is 0. The highest BCUT2D eigenvalue weighted by Gasteiger charge is 2.42. The minimum Gasteiger partial charge on any atom is -0.480 e. The van der Waals surface area contributed by atoms with Crippen LogP contribution in [0.2, 0.25) is 0 Å². The van der Waals surface area contributed by atoms with Gasteiger partial charge in [-0.15, -0.1) is 11.3 Å². The van der Waals surface area contributed by atoms with Crippen LogP contribution in [-0.4, -0.2) is 41.7 Å². The number of aliphatic carboxylic acids is 1. The molecule has 2 heterocycles. The molecule has 2 atom stereocenters. The van der Waals surface area contributed by atoms with Gasteiger partial charge in [-0.2, -0.15) is 0 Å². The third-order valence-electron chi connectivity index (χ3n) is 3.83.